The summed E-state index contributed by atoms with van der Waals surface area (Å²) in [5.74, 6) is 1.17. The van der Waals surface area contributed by atoms with Gasteiger partial charge in [0.1, 0.15) is 5.69 Å². The van der Waals surface area contributed by atoms with Crippen LogP contribution in [-0.4, -0.2) is 30.1 Å². The van der Waals surface area contributed by atoms with Crippen molar-refractivity contribution < 1.29 is 14.3 Å². The quantitative estimate of drug-likeness (QED) is 0.669. The van der Waals surface area contributed by atoms with Crippen molar-refractivity contribution in [3.63, 3.8) is 0 Å². The zero-order chi connectivity index (χ0) is 19.1. The van der Waals surface area contributed by atoms with Gasteiger partial charge in [-0.15, -0.1) is 0 Å². The van der Waals surface area contributed by atoms with E-state index in [0.29, 0.717) is 29.7 Å². The SMILES string of the molecule is COc1ccc(NC(=O)c2ccnc(NCc3ccccc3)n2)cc1OC. The predicted molar refractivity (Wildman–Crippen MR) is 103 cm³/mol. The molecule has 0 fully saturated rings. The first kappa shape index (κ1) is 18.2. The van der Waals surface area contributed by atoms with E-state index < -0.39 is 0 Å². The summed E-state index contributed by atoms with van der Waals surface area (Å²) in [6, 6.07) is 16.6. The summed E-state index contributed by atoms with van der Waals surface area (Å²) >= 11 is 0. The van der Waals surface area contributed by atoms with Crippen LogP contribution in [0.2, 0.25) is 0 Å². The van der Waals surface area contributed by atoms with E-state index in [1.807, 2.05) is 30.3 Å². The van der Waals surface area contributed by atoms with E-state index in [1.54, 1.807) is 44.7 Å². The maximum Gasteiger partial charge on any atom is 0.274 e. The highest BCUT2D eigenvalue weighted by Crippen LogP contribution is 2.29. The van der Waals surface area contributed by atoms with Gasteiger partial charge in [0, 0.05) is 24.5 Å². The van der Waals surface area contributed by atoms with Gasteiger partial charge in [-0.3, -0.25) is 4.79 Å². The molecular weight excluding hydrogens is 344 g/mol. The van der Waals surface area contributed by atoms with Gasteiger partial charge in [0.25, 0.3) is 5.91 Å². The number of hydrogen-bond acceptors (Lipinski definition) is 6. The van der Waals surface area contributed by atoms with Gasteiger partial charge < -0.3 is 20.1 Å². The van der Waals surface area contributed by atoms with Crippen LogP contribution in [0.1, 0.15) is 16.1 Å². The number of ether oxygens (including phenoxy) is 2. The minimum atomic E-state index is -0.340. The third-order valence-electron chi connectivity index (χ3n) is 3.82. The van der Waals surface area contributed by atoms with Gasteiger partial charge in [0.05, 0.1) is 14.2 Å². The number of benzene rings is 2. The summed E-state index contributed by atoms with van der Waals surface area (Å²) < 4.78 is 10.4. The molecule has 7 heteroatoms. The number of nitrogens with one attached hydrogen (secondary N) is 2. The van der Waals surface area contributed by atoms with E-state index >= 15 is 0 Å². The van der Waals surface area contributed by atoms with Gasteiger partial charge in [-0.05, 0) is 23.8 Å². The lowest BCUT2D eigenvalue weighted by molar-refractivity contribution is 0.102. The van der Waals surface area contributed by atoms with Crippen molar-refractivity contribution in [3.8, 4) is 11.5 Å². The molecule has 7 nitrogen and oxygen atoms in total. The van der Waals surface area contributed by atoms with Gasteiger partial charge >= 0.3 is 0 Å². The number of aromatic nitrogens is 2. The molecule has 3 rings (SSSR count). The molecule has 3 aromatic rings. The second kappa shape index (κ2) is 8.66. The molecule has 0 atom stereocenters. The first-order valence-electron chi connectivity index (χ1n) is 8.34. The van der Waals surface area contributed by atoms with Crippen LogP contribution < -0.4 is 20.1 Å². The van der Waals surface area contributed by atoms with Crippen molar-refractivity contribution in [2.24, 2.45) is 0 Å². The third-order valence-corrected chi connectivity index (χ3v) is 3.82. The maximum atomic E-state index is 12.5. The minimum Gasteiger partial charge on any atom is -0.493 e. The summed E-state index contributed by atoms with van der Waals surface area (Å²) in [6.07, 6.45) is 1.55. The smallest absolute Gasteiger partial charge is 0.274 e. The van der Waals surface area contributed by atoms with E-state index in [2.05, 4.69) is 20.6 Å². The Morgan fingerprint density at radius 3 is 2.52 bits per heavy atom. The highest BCUT2D eigenvalue weighted by molar-refractivity contribution is 6.03. The monoisotopic (exact) mass is 364 g/mol. The van der Waals surface area contributed by atoms with Crippen LogP contribution in [0.5, 0.6) is 11.5 Å². The third kappa shape index (κ3) is 4.72. The molecule has 27 heavy (non-hydrogen) atoms. The normalized spacial score (nSPS) is 10.1. The molecular formula is C20H20N4O3. The highest BCUT2D eigenvalue weighted by Gasteiger charge is 2.11. The van der Waals surface area contributed by atoms with Gasteiger partial charge in [0.2, 0.25) is 5.95 Å². The van der Waals surface area contributed by atoms with E-state index in [-0.39, 0.29) is 11.6 Å². The Morgan fingerprint density at radius 2 is 1.78 bits per heavy atom. The Labute approximate surface area is 157 Å². The van der Waals surface area contributed by atoms with Crippen molar-refractivity contribution in [2.45, 2.75) is 6.54 Å². The topological polar surface area (TPSA) is 85.4 Å². The summed E-state index contributed by atoms with van der Waals surface area (Å²) in [7, 11) is 3.10. The lowest BCUT2D eigenvalue weighted by atomic mass is 10.2. The number of nitrogens with zero attached hydrogens (tertiary/aromatic N) is 2. The van der Waals surface area contributed by atoms with Gasteiger partial charge in [-0.2, -0.15) is 0 Å². The van der Waals surface area contributed by atoms with Gasteiger partial charge in [0.15, 0.2) is 11.5 Å². The van der Waals surface area contributed by atoms with Gasteiger partial charge in [-0.25, -0.2) is 9.97 Å². The van der Waals surface area contributed by atoms with Crippen LogP contribution >= 0.6 is 0 Å². The molecule has 1 heterocycles. The van der Waals surface area contributed by atoms with E-state index in [1.165, 1.54) is 0 Å². The second-order valence-corrected chi connectivity index (χ2v) is 5.63. The first-order chi connectivity index (χ1) is 13.2. The summed E-state index contributed by atoms with van der Waals surface area (Å²) in [4.78, 5) is 20.9. The highest BCUT2D eigenvalue weighted by atomic mass is 16.5. The Morgan fingerprint density at radius 1 is 1.00 bits per heavy atom. The van der Waals surface area contributed by atoms with Crippen molar-refractivity contribution in [1.82, 2.24) is 9.97 Å². The number of anilines is 2. The molecule has 2 aromatic carbocycles. The molecule has 0 spiro atoms. The minimum absolute atomic E-state index is 0.260. The fourth-order valence-electron chi connectivity index (χ4n) is 2.46. The number of hydrogen-bond donors (Lipinski definition) is 2. The van der Waals surface area contributed by atoms with Crippen LogP contribution in [0.15, 0.2) is 60.8 Å². The Balaban J connectivity index is 1.68. The van der Waals surface area contributed by atoms with Crippen LogP contribution in [0.25, 0.3) is 0 Å². The molecule has 1 aromatic heterocycles. The van der Waals surface area contributed by atoms with Crippen LogP contribution in [-0.2, 0) is 6.54 Å². The first-order valence-corrected chi connectivity index (χ1v) is 8.34. The van der Waals surface area contributed by atoms with E-state index in [0.717, 1.165) is 5.56 Å². The van der Waals surface area contributed by atoms with E-state index in [4.69, 9.17) is 9.47 Å². The zero-order valence-electron chi connectivity index (χ0n) is 15.1. The lowest BCUT2D eigenvalue weighted by Gasteiger charge is -2.11. The Hall–Kier alpha value is -3.61. The molecule has 0 aliphatic rings. The zero-order valence-corrected chi connectivity index (χ0v) is 15.1. The second-order valence-electron chi connectivity index (χ2n) is 5.63. The molecule has 0 bridgehead atoms. The Kier molecular flexibility index (Phi) is 5.84. The van der Waals surface area contributed by atoms with Crippen molar-refractivity contribution in [3.05, 3.63) is 72.1 Å². The van der Waals surface area contributed by atoms with Crippen LogP contribution in [0.4, 0.5) is 11.6 Å². The van der Waals surface area contributed by atoms with E-state index in [9.17, 15) is 4.79 Å². The summed E-state index contributed by atoms with van der Waals surface area (Å²) in [5, 5.41) is 5.91. The molecule has 2 N–H and O–H groups in total. The fourth-order valence-corrected chi connectivity index (χ4v) is 2.46. The number of carbonyl (C=O) groups is 1. The molecule has 0 unspecified atom stereocenters. The molecule has 0 aliphatic carbocycles. The molecule has 0 radical (unpaired) electrons. The molecule has 0 saturated heterocycles. The number of carbonyl (C=O) groups excluding carboxylic acids is 1. The number of rotatable bonds is 7. The standard InChI is InChI=1S/C20H20N4O3/c1-26-17-9-8-15(12-18(17)27-2)23-19(25)16-10-11-21-20(24-16)22-13-14-6-4-3-5-7-14/h3-12H,13H2,1-2H3,(H,23,25)(H,21,22,24). The predicted octanol–water partition coefficient (Wildman–Crippen LogP) is 3.36. The Bertz CT molecular complexity index is 916. The fraction of sp³-hybridized carbons (Fsp3) is 0.150. The largest absolute Gasteiger partial charge is 0.493 e. The molecule has 1 amide bonds. The molecule has 138 valence electrons. The van der Waals surface area contributed by atoms with Gasteiger partial charge in [-0.1, -0.05) is 30.3 Å². The van der Waals surface area contributed by atoms with Crippen molar-refractivity contribution in [2.75, 3.05) is 24.9 Å². The number of methoxy groups -OCH3 is 2. The average Bonchev–Trinajstić information content (AvgIpc) is 2.73. The van der Waals surface area contributed by atoms with Crippen molar-refractivity contribution >= 4 is 17.5 Å². The molecule has 0 saturated carbocycles. The maximum absolute atomic E-state index is 12.5. The summed E-state index contributed by atoms with van der Waals surface area (Å²) in [6.45, 7) is 0.571. The number of amides is 1. The van der Waals surface area contributed by atoms with Crippen LogP contribution in [0.3, 0.4) is 0 Å². The van der Waals surface area contributed by atoms with Crippen LogP contribution in [0, 0.1) is 0 Å². The van der Waals surface area contributed by atoms with Crippen molar-refractivity contribution in [1.29, 1.82) is 0 Å². The molecule has 0 aliphatic heterocycles. The summed E-state index contributed by atoms with van der Waals surface area (Å²) in [5.41, 5.74) is 1.94. The lowest BCUT2D eigenvalue weighted by Crippen LogP contribution is -2.15. The average molecular weight is 364 g/mol.